The minimum Gasteiger partial charge on any atom is -0.454 e. The van der Waals surface area contributed by atoms with Crippen molar-refractivity contribution < 1.29 is 18.1 Å². The fourth-order valence-corrected chi connectivity index (χ4v) is 7.93. The zero-order valence-electron chi connectivity index (χ0n) is 37.5. The molecule has 0 saturated heterocycles. The molecule has 2 heteroatoms. The second kappa shape index (κ2) is 11.3. The highest BCUT2D eigenvalue weighted by Gasteiger charge is 2.32. The van der Waals surface area contributed by atoms with Crippen LogP contribution in [0.2, 0.25) is 0 Å². The second-order valence-electron chi connectivity index (χ2n) is 12.9. The molecule has 1 aromatic heterocycles. The van der Waals surface area contributed by atoms with Crippen molar-refractivity contribution in [2.75, 3.05) is 4.90 Å². The van der Waals surface area contributed by atoms with E-state index >= 15 is 0 Å². The molecule has 0 amide bonds. The van der Waals surface area contributed by atoms with Gasteiger partial charge in [-0.1, -0.05) is 139 Å². The quantitative estimate of drug-likeness (QED) is 0.181. The largest absolute Gasteiger partial charge is 0.454 e. The summed E-state index contributed by atoms with van der Waals surface area (Å²) in [6.45, 7) is 0. The fourth-order valence-electron chi connectivity index (χ4n) is 7.93. The number of benzene rings is 9. The van der Waals surface area contributed by atoms with Crippen molar-refractivity contribution in [2.45, 2.75) is 0 Å². The third kappa shape index (κ3) is 4.25. The lowest BCUT2D eigenvalue weighted by atomic mass is 9.70. The Hall–Kier alpha value is -6.90. The van der Waals surface area contributed by atoms with E-state index in [2.05, 4.69) is 17.0 Å². The summed E-state index contributed by atoms with van der Waals surface area (Å²) in [5, 5.41) is 4.76. The molecule has 0 N–H and O–H groups in total. The van der Waals surface area contributed by atoms with E-state index in [9.17, 15) is 0 Å². The molecule has 1 aliphatic carbocycles. The molecule has 10 aromatic rings. The standard InChI is InChI=1S/C50H31NO/c1-4-15-32(16-5-1)46-39-22-10-11-23-40(39)47(33-17-6-2-7-18-33)49-43-31-35-29-37(28-27-34(35)30-42(43)48(46)49)51(36-19-8-3-9-20-36)44-25-14-24-41-38-21-12-13-26-45(38)52-50(41)44/h1-31H/i1D,2D,4D,5D,6D,7D,15D,16D,17D,18D. The number of rotatable bonds is 5. The molecule has 0 fully saturated rings. The van der Waals surface area contributed by atoms with Crippen LogP contribution in [0.4, 0.5) is 17.1 Å². The Labute approximate surface area is 315 Å². The number of anilines is 3. The molecule has 9 aromatic carbocycles. The van der Waals surface area contributed by atoms with Crippen LogP contribution in [0.5, 0.6) is 0 Å². The van der Waals surface area contributed by atoms with Gasteiger partial charge in [0.2, 0.25) is 0 Å². The van der Waals surface area contributed by atoms with E-state index in [1.165, 1.54) is 0 Å². The molecule has 1 heterocycles. The molecule has 0 bridgehead atoms. The van der Waals surface area contributed by atoms with Crippen LogP contribution < -0.4 is 4.90 Å². The van der Waals surface area contributed by atoms with Crippen molar-refractivity contribution in [1.82, 2.24) is 0 Å². The van der Waals surface area contributed by atoms with Crippen molar-refractivity contribution in [2.24, 2.45) is 0 Å². The maximum Gasteiger partial charge on any atom is 0.159 e. The topological polar surface area (TPSA) is 16.4 Å². The molecule has 0 saturated carbocycles. The van der Waals surface area contributed by atoms with Gasteiger partial charge in [-0.15, -0.1) is 0 Å². The number of furan rings is 1. The Morgan fingerprint density at radius 2 is 1.00 bits per heavy atom. The Balaban J connectivity index is 1.21. The predicted molar refractivity (Wildman–Crippen MR) is 219 cm³/mol. The highest BCUT2D eigenvalue weighted by Crippen LogP contribution is 2.60. The van der Waals surface area contributed by atoms with Crippen LogP contribution in [0.3, 0.4) is 0 Å². The van der Waals surface area contributed by atoms with Gasteiger partial charge in [0.1, 0.15) is 5.58 Å². The Morgan fingerprint density at radius 3 is 1.67 bits per heavy atom. The first kappa shape index (κ1) is 20.7. The monoisotopic (exact) mass is 671 g/mol. The predicted octanol–water partition coefficient (Wildman–Crippen LogP) is 14.3. The van der Waals surface area contributed by atoms with Crippen LogP contribution in [0.25, 0.3) is 88.0 Å². The van der Waals surface area contributed by atoms with Crippen molar-refractivity contribution in [3.63, 3.8) is 0 Å². The molecule has 2 nitrogen and oxygen atoms in total. The van der Waals surface area contributed by atoms with E-state index in [0.717, 1.165) is 60.9 Å². The van der Waals surface area contributed by atoms with Gasteiger partial charge in [-0.3, -0.25) is 0 Å². The average Bonchev–Trinajstić information content (AvgIpc) is 3.68. The first-order chi connectivity index (χ1) is 30.0. The van der Waals surface area contributed by atoms with E-state index in [1.54, 1.807) is 24.3 Å². The molecule has 52 heavy (non-hydrogen) atoms. The molecule has 0 spiro atoms. The zero-order chi connectivity index (χ0) is 42.9. The summed E-state index contributed by atoms with van der Waals surface area (Å²) in [5.41, 5.74) is 7.61. The van der Waals surface area contributed by atoms with Gasteiger partial charge in [0, 0.05) is 22.1 Å². The smallest absolute Gasteiger partial charge is 0.159 e. The molecule has 0 atom stereocenters. The first-order valence-corrected chi connectivity index (χ1v) is 17.0. The molecule has 242 valence electrons. The molecule has 0 unspecified atom stereocenters. The molecule has 0 radical (unpaired) electrons. The number of hydrogen-bond acceptors (Lipinski definition) is 2. The highest BCUT2D eigenvalue weighted by atomic mass is 16.3. The van der Waals surface area contributed by atoms with Gasteiger partial charge >= 0.3 is 0 Å². The summed E-state index contributed by atoms with van der Waals surface area (Å²) < 4.78 is 94.2. The van der Waals surface area contributed by atoms with Crippen molar-refractivity contribution in [1.29, 1.82) is 0 Å². The van der Waals surface area contributed by atoms with Crippen LogP contribution in [0.15, 0.2) is 192 Å². The van der Waals surface area contributed by atoms with Crippen molar-refractivity contribution in [3.05, 3.63) is 188 Å². The summed E-state index contributed by atoms with van der Waals surface area (Å²) >= 11 is 0. The average molecular weight is 672 g/mol. The number of hydrogen-bond donors (Lipinski definition) is 0. The van der Waals surface area contributed by atoms with Crippen molar-refractivity contribution in [3.8, 4) is 44.5 Å². The van der Waals surface area contributed by atoms with E-state index in [-0.39, 0.29) is 35.3 Å². The Bertz CT molecular complexity index is 3540. The SMILES string of the molecule is [2H]c1c([2H])c([2H])c(-c2c3c(c(-c4c([2H])c([2H])c([2H])c([2H])c4[2H])c4ccccc24)-c2cc4cc(N(c5ccccc5)c5cccc6c5oc5ccccc56)ccc4cc2-3)c([2H])c1[2H]. The second-order valence-corrected chi connectivity index (χ2v) is 12.9. The van der Waals surface area contributed by atoms with Crippen LogP contribution in [0.1, 0.15) is 13.7 Å². The third-order valence-corrected chi connectivity index (χ3v) is 10.1. The lowest BCUT2D eigenvalue weighted by molar-refractivity contribution is 0.669. The molecular formula is C50H31NO. The Morgan fingerprint density at radius 1 is 0.423 bits per heavy atom. The molecule has 11 rings (SSSR count). The lowest BCUT2D eigenvalue weighted by Gasteiger charge is -2.33. The fraction of sp³-hybridized carbons (Fsp3) is 0. The van der Waals surface area contributed by atoms with Gasteiger partial charge < -0.3 is 9.32 Å². The molecular weight excluding hydrogens is 631 g/mol. The van der Waals surface area contributed by atoms with Gasteiger partial charge in [-0.25, -0.2) is 0 Å². The summed E-state index contributed by atoms with van der Waals surface area (Å²) in [5.74, 6) is 0. The van der Waals surface area contributed by atoms with Crippen LogP contribution in [0, 0.1) is 0 Å². The number of nitrogens with zero attached hydrogens (tertiary/aromatic N) is 1. The van der Waals surface area contributed by atoms with E-state index in [4.69, 9.17) is 18.1 Å². The summed E-state index contributed by atoms with van der Waals surface area (Å²) in [4.78, 5) is 2.15. The van der Waals surface area contributed by atoms with Gasteiger partial charge in [-0.05, 0) is 115 Å². The Kier molecular flexibility index (Phi) is 4.50. The summed E-state index contributed by atoms with van der Waals surface area (Å²) in [6.07, 6.45) is 0. The van der Waals surface area contributed by atoms with Gasteiger partial charge in [0.25, 0.3) is 0 Å². The number of para-hydroxylation sites is 3. The lowest BCUT2D eigenvalue weighted by Crippen LogP contribution is -2.10. The summed E-state index contributed by atoms with van der Waals surface area (Å²) in [6, 6.07) is 37.1. The number of fused-ring (bicyclic) bond motifs is 9. The normalized spacial score (nSPS) is 14.5. The van der Waals surface area contributed by atoms with Gasteiger partial charge in [0.15, 0.2) is 5.58 Å². The van der Waals surface area contributed by atoms with Crippen LogP contribution in [-0.4, -0.2) is 0 Å². The third-order valence-electron chi connectivity index (χ3n) is 10.1. The van der Waals surface area contributed by atoms with Gasteiger partial charge in [0.05, 0.1) is 19.4 Å². The van der Waals surface area contributed by atoms with Gasteiger partial charge in [-0.2, -0.15) is 0 Å². The minimum atomic E-state index is -0.511. The first-order valence-electron chi connectivity index (χ1n) is 22.0. The molecule has 1 aliphatic rings. The maximum atomic E-state index is 9.14. The minimum absolute atomic E-state index is 0.0183. The highest BCUT2D eigenvalue weighted by molar-refractivity contribution is 6.26. The maximum absolute atomic E-state index is 9.14. The van der Waals surface area contributed by atoms with Crippen LogP contribution in [-0.2, 0) is 0 Å². The van der Waals surface area contributed by atoms with Crippen LogP contribution >= 0.6 is 0 Å². The van der Waals surface area contributed by atoms with Crippen molar-refractivity contribution >= 4 is 60.5 Å². The zero-order valence-corrected chi connectivity index (χ0v) is 27.5. The summed E-state index contributed by atoms with van der Waals surface area (Å²) in [7, 11) is 0. The van der Waals surface area contributed by atoms with E-state index in [1.807, 2.05) is 91.0 Å². The van der Waals surface area contributed by atoms with E-state index < -0.39 is 36.3 Å². The van der Waals surface area contributed by atoms with E-state index in [0.29, 0.717) is 33.0 Å². The molecule has 0 aliphatic heterocycles.